The molecule has 0 spiro atoms. The van der Waals surface area contributed by atoms with Crippen LogP contribution < -0.4 is 19.0 Å². The van der Waals surface area contributed by atoms with Crippen molar-refractivity contribution in [3.05, 3.63) is 47.0 Å². The number of thiazole rings is 1. The summed E-state index contributed by atoms with van der Waals surface area (Å²) in [5.74, 6) is 0.771. The van der Waals surface area contributed by atoms with Gasteiger partial charge in [-0.05, 0) is 19.1 Å². The molecule has 0 saturated carbocycles. The van der Waals surface area contributed by atoms with Crippen LogP contribution in [0.3, 0.4) is 0 Å². The van der Waals surface area contributed by atoms with E-state index >= 15 is 0 Å². The Labute approximate surface area is 191 Å². The molecule has 3 heterocycles. The number of fused-ring (bicyclic) bond motifs is 3. The van der Waals surface area contributed by atoms with Crippen LogP contribution >= 0.6 is 11.3 Å². The summed E-state index contributed by atoms with van der Waals surface area (Å²) in [7, 11) is 1.53. The van der Waals surface area contributed by atoms with Crippen LogP contribution in [-0.4, -0.2) is 43.4 Å². The average Bonchev–Trinajstić information content (AvgIpc) is 3.39. The molecule has 10 heteroatoms. The molecule has 5 rings (SSSR count). The topological polar surface area (TPSA) is 101 Å². The Morgan fingerprint density at radius 1 is 1.15 bits per heavy atom. The highest BCUT2D eigenvalue weighted by Gasteiger charge is 2.20. The molecule has 4 aromatic rings. The van der Waals surface area contributed by atoms with Crippen LogP contribution in [0.15, 0.2) is 45.8 Å². The van der Waals surface area contributed by atoms with Crippen LogP contribution in [0, 0.1) is 0 Å². The van der Waals surface area contributed by atoms with E-state index in [-0.39, 0.29) is 18.9 Å². The van der Waals surface area contributed by atoms with Crippen LogP contribution in [0.4, 0.5) is 0 Å². The number of carbonyl (C=O) groups is 2. The molecule has 1 amide bonds. The number of para-hydroxylation sites is 1. The third-order valence-corrected chi connectivity index (χ3v) is 6.12. The first-order valence-electron chi connectivity index (χ1n) is 10.3. The van der Waals surface area contributed by atoms with E-state index in [1.807, 2.05) is 18.2 Å². The van der Waals surface area contributed by atoms with Crippen LogP contribution in [0.2, 0.25) is 0 Å². The fourth-order valence-electron chi connectivity index (χ4n) is 3.62. The number of furan rings is 1. The van der Waals surface area contributed by atoms with Crippen molar-refractivity contribution >= 4 is 44.4 Å². The van der Waals surface area contributed by atoms with E-state index in [2.05, 4.69) is 4.99 Å². The van der Waals surface area contributed by atoms with E-state index in [1.54, 1.807) is 29.7 Å². The van der Waals surface area contributed by atoms with Gasteiger partial charge in [0.05, 0.1) is 23.9 Å². The SMILES string of the molecule is CCOC(=O)Cn1c(=NC(=O)c2cc3cccc(OC)c3o2)sc2cc3c(cc21)OCCO3. The molecule has 0 unspecified atom stereocenters. The lowest BCUT2D eigenvalue weighted by Crippen LogP contribution is -2.23. The summed E-state index contributed by atoms with van der Waals surface area (Å²) in [6.45, 7) is 2.78. The van der Waals surface area contributed by atoms with E-state index in [0.717, 1.165) is 10.1 Å². The highest BCUT2D eigenvalue weighted by molar-refractivity contribution is 7.16. The first-order chi connectivity index (χ1) is 16.1. The average molecular weight is 468 g/mol. The minimum absolute atomic E-state index is 0.0700. The van der Waals surface area contributed by atoms with Crippen molar-refractivity contribution in [3.8, 4) is 17.2 Å². The Hall–Kier alpha value is -3.79. The van der Waals surface area contributed by atoms with E-state index in [1.165, 1.54) is 18.4 Å². The molecule has 0 aliphatic carbocycles. The van der Waals surface area contributed by atoms with E-state index < -0.39 is 11.9 Å². The Morgan fingerprint density at radius 2 is 1.94 bits per heavy atom. The first-order valence-corrected chi connectivity index (χ1v) is 11.1. The lowest BCUT2D eigenvalue weighted by Gasteiger charge is -2.18. The van der Waals surface area contributed by atoms with Crippen molar-refractivity contribution in [2.45, 2.75) is 13.5 Å². The molecule has 0 bridgehead atoms. The number of methoxy groups -OCH3 is 1. The van der Waals surface area contributed by atoms with Crippen LogP contribution in [0.25, 0.3) is 21.2 Å². The number of rotatable bonds is 5. The molecule has 0 fully saturated rings. The number of ether oxygens (including phenoxy) is 4. The normalized spacial score (nSPS) is 13.5. The summed E-state index contributed by atoms with van der Waals surface area (Å²) in [6.07, 6.45) is 0. The van der Waals surface area contributed by atoms with Crippen molar-refractivity contribution in [2.24, 2.45) is 4.99 Å². The van der Waals surface area contributed by atoms with Gasteiger partial charge < -0.3 is 27.9 Å². The molecule has 33 heavy (non-hydrogen) atoms. The zero-order valence-corrected chi connectivity index (χ0v) is 18.8. The van der Waals surface area contributed by atoms with Gasteiger partial charge in [-0.25, -0.2) is 0 Å². The molecule has 170 valence electrons. The van der Waals surface area contributed by atoms with Crippen molar-refractivity contribution in [2.75, 3.05) is 26.9 Å². The number of aromatic nitrogens is 1. The Kier molecular flexibility index (Phi) is 5.51. The predicted molar refractivity (Wildman–Crippen MR) is 120 cm³/mol. The third kappa shape index (κ3) is 3.93. The fraction of sp³-hybridized carbons (Fsp3) is 0.261. The number of amides is 1. The molecule has 2 aromatic heterocycles. The largest absolute Gasteiger partial charge is 0.493 e. The Bertz CT molecular complexity index is 1450. The van der Waals surface area contributed by atoms with Crippen molar-refractivity contribution < 1.29 is 33.0 Å². The van der Waals surface area contributed by atoms with Gasteiger partial charge in [0.1, 0.15) is 19.8 Å². The van der Waals surface area contributed by atoms with Crippen molar-refractivity contribution in [1.82, 2.24) is 4.57 Å². The maximum atomic E-state index is 13.0. The van der Waals surface area contributed by atoms with Gasteiger partial charge in [0.2, 0.25) is 0 Å². The molecule has 1 aliphatic rings. The van der Waals surface area contributed by atoms with Gasteiger partial charge in [0, 0.05) is 17.5 Å². The number of hydrogen-bond acceptors (Lipinski definition) is 8. The van der Waals surface area contributed by atoms with E-state index in [0.29, 0.717) is 46.4 Å². The summed E-state index contributed by atoms with van der Waals surface area (Å²) in [5.41, 5.74) is 1.16. The summed E-state index contributed by atoms with van der Waals surface area (Å²) in [4.78, 5) is 29.9. The van der Waals surface area contributed by atoms with E-state index in [9.17, 15) is 9.59 Å². The van der Waals surface area contributed by atoms with Crippen molar-refractivity contribution in [1.29, 1.82) is 0 Å². The Morgan fingerprint density at radius 3 is 2.70 bits per heavy atom. The third-order valence-electron chi connectivity index (χ3n) is 5.08. The molecular weight excluding hydrogens is 448 g/mol. The zero-order chi connectivity index (χ0) is 22.9. The lowest BCUT2D eigenvalue weighted by atomic mass is 10.2. The van der Waals surface area contributed by atoms with Gasteiger partial charge in [-0.3, -0.25) is 9.59 Å². The number of esters is 1. The second kappa shape index (κ2) is 8.62. The first kappa shape index (κ1) is 21.1. The van der Waals surface area contributed by atoms with Crippen LogP contribution in [0.1, 0.15) is 17.5 Å². The van der Waals surface area contributed by atoms with E-state index in [4.69, 9.17) is 23.4 Å². The monoisotopic (exact) mass is 468 g/mol. The molecule has 0 saturated heterocycles. The molecule has 0 atom stereocenters. The van der Waals surface area contributed by atoms with Gasteiger partial charge >= 0.3 is 11.9 Å². The second-order valence-electron chi connectivity index (χ2n) is 7.15. The molecule has 1 aliphatic heterocycles. The summed E-state index contributed by atoms with van der Waals surface area (Å²) in [6, 6.07) is 10.6. The van der Waals surface area contributed by atoms with Crippen LogP contribution in [0.5, 0.6) is 17.2 Å². The Balaban J connectivity index is 1.62. The molecule has 0 N–H and O–H groups in total. The highest BCUT2D eigenvalue weighted by Crippen LogP contribution is 2.35. The number of benzene rings is 2. The number of hydrogen-bond donors (Lipinski definition) is 0. The maximum absolute atomic E-state index is 13.0. The van der Waals surface area contributed by atoms with Gasteiger partial charge in [-0.1, -0.05) is 23.5 Å². The summed E-state index contributed by atoms with van der Waals surface area (Å²) >= 11 is 1.26. The second-order valence-corrected chi connectivity index (χ2v) is 8.15. The quantitative estimate of drug-likeness (QED) is 0.413. The van der Waals surface area contributed by atoms with Crippen LogP contribution in [-0.2, 0) is 16.1 Å². The van der Waals surface area contributed by atoms with Crippen molar-refractivity contribution in [3.63, 3.8) is 0 Å². The number of nitrogens with zero attached hydrogens (tertiary/aromatic N) is 2. The van der Waals surface area contributed by atoms with Gasteiger partial charge in [-0.15, -0.1) is 0 Å². The minimum Gasteiger partial charge on any atom is -0.493 e. The lowest BCUT2D eigenvalue weighted by molar-refractivity contribution is -0.143. The maximum Gasteiger partial charge on any atom is 0.326 e. The smallest absolute Gasteiger partial charge is 0.326 e. The highest BCUT2D eigenvalue weighted by atomic mass is 32.1. The standard InChI is InChI=1S/C23H20N2O7S/c1-3-29-20(26)12-25-14-10-16-17(31-8-7-30-16)11-19(14)33-23(25)24-22(27)18-9-13-5-4-6-15(28-2)21(13)32-18/h4-6,9-11H,3,7-8,12H2,1-2H3. The summed E-state index contributed by atoms with van der Waals surface area (Å²) < 4.78 is 29.9. The predicted octanol–water partition coefficient (Wildman–Crippen LogP) is 3.53. The molecule has 0 radical (unpaired) electrons. The molecular formula is C23H20N2O7S. The van der Waals surface area contributed by atoms with Gasteiger partial charge in [0.25, 0.3) is 0 Å². The van der Waals surface area contributed by atoms with Gasteiger partial charge in [-0.2, -0.15) is 4.99 Å². The molecule has 9 nitrogen and oxygen atoms in total. The molecule has 2 aromatic carbocycles. The van der Waals surface area contributed by atoms with Gasteiger partial charge in [0.15, 0.2) is 33.4 Å². The summed E-state index contributed by atoms with van der Waals surface area (Å²) in [5, 5.41) is 0.727. The minimum atomic E-state index is -0.574. The number of carbonyl (C=O) groups excluding carboxylic acids is 2. The zero-order valence-electron chi connectivity index (χ0n) is 18.0. The fourth-order valence-corrected chi connectivity index (χ4v) is 4.66.